The van der Waals surface area contributed by atoms with Gasteiger partial charge in [-0.25, -0.2) is 0 Å². The van der Waals surface area contributed by atoms with Crippen LogP contribution in [0.5, 0.6) is 11.5 Å². The van der Waals surface area contributed by atoms with E-state index < -0.39 is 6.10 Å². The van der Waals surface area contributed by atoms with Crippen LogP contribution in [0.2, 0.25) is 0 Å². The summed E-state index contributed by atoms with van der Waals surface area (Å²) in [7, 11) is 1.85. The van der Waals surface area contributed by atoms with Crippen LogP contribution in [0, 0.1) is 0 Å². The van der Waals surface area contributed by atoms with Crippen LogP contribution in [0.25, 0.3) is 0 Å². The first-order valence-electron chi connectivity index (χ1n) is 6.09. The first-order chi connectivity index (χ1) is 9.04. The van der Waals surface area contributed by atoms with Gasteiger partial charge in [-0.2, -0.15) is 0 Å². The van der Waals surface area contributed by atoms with Crippen molar-refractivity contribution in [1.29, 1.82) is 0 Å². The number of rotatable bonds is 8. The lowest BCUT2D eigenvalue weighted by atomic mass is 10.2. The third-order valence-corrected chi connectivity index (χ3v) is 2.44. The van der Waals surface area contributed by atoms with Gasteiger partial charge in [0.2, 0.25) is 6.10 Å². The van der Waals surface area contributed by atoms with Crippen molar-refractivity contribution < 1.29 is 19.1 Å². The van der Waals surface area contributed by atoms with E-state index in [4.69, 9.17) is 9.47 Å². The van der Waals surface area contributed by atoms with Gasteiger partial charge in [0.1, 0.15) is 18.1 Å². The fourth-order valence-electron chi connectivity index (χ4n) is 1.47. The van der Waals surface area contributed by atoms with Crippen molar-refractivity contribution in [3.8, 4) is 11.5 Å². The van der Waals surface area contributed by atoms with E-state index in [2.05, 4.69) is 5.32 Å². The number of nitrogens with one attached hydrogen (secondary N) is 1. The molecule has 1 aromatic carbocycles. The maximum atomic E-state index is 11.3. The Morgan fingerprint density at radius 3 is 2.11 bits per heavy atom. The van der Waals surface area contributed by atoms with Gasteiger partial charge in [0.25, 0.3) is 0 Å². The second-order valence-electron chi connectivity index (χ2n) is 4.14. The number of carbonyl (C=O) groups excluding carboxylic acids is 2. The maximum absolute atomic E-state index is 11.3. The minimum atomic E-state index is -1.03. The molecule has 104 valence electrons. The zero-order valence-corrected chi connectivity index (χ0v) is 11.4. The van der Waals surface area contributed by atoms with Gasteiger partial charge in [-0.15, -0.1) is 0 Å². The molecule has 0 aliphatic rings. The lowest BCUT2D eigenvalue weighted by Gasteiger charge is -2.14. The molecule has 1 rings (SSSR count). The van der Waals surface area contributed by atoms with E-state index in [-0.39, 0.29) is 11.6 Å². The Morgan fingerprint density at radius 2 is 1.63 bits per heavy atom. The Morgan fingerprint density at radius 1 is 1.11 bits per heavy atom. The van der Waals surface area contributed by atoms with Crippen LogP contribution >= 0.6 is 0 Å². The summed E-state index contributed by atoms with van der Waals surface area (Å²) in [5, 5.41) is 2.98. The van der Waals surface area contributed by atoms with Crippen LogP contribution in [-0.4, -0.2) is 37.9 Å². The van der Waals surface area contributed by atoms with Gasteiger partial charge in [-0.3, -0.25) is 9.59 Å². The summed E-state index contributed by atoms with van der Waals surface area (Å²) in [4.78, 5) is 22.5. The zero-order valence-electron chi connectivity index (χ0n) is 11.4. The van der Waals surface area contributed by atoms with E-state index in [1.54, 1.807) is 24.3 Å². The van der Waals surface area contributed by atoms with Gasteiger partial charge in [0.15, 0.2) is 11.6 Å². The number of benzene rings is 1. The molecule has 19 heavy (non-hydrogen) atoms. The van der Waals surface area contributed by atoms with E-state index in [9.17, 15) is 9.59 Å². The number of likely N-dealkylation sites (N-methyl/N-ethyl adjacent to an activating group) is 1. The number of ether oxygens (including phenoxy) is 2. The fourth-order valence-corrected chi connectivity index (χ4v) is 1.47. The molecule has 5 nitrogen and oxygen atoms in total. The van der Waals surface area contributed by atoms with E-state index in [1.165, 1.54) is 13.8 Å². The van der Waals surface area contributed by atoms with Crippen LogP contribution in [0.1, 0.15) is 13.8 Å². The van der Waals surface area contributed by atoms with Crippen LogP contribution in [0.15, 0.2) is 24.3 Å². The van der Waals surface area contributed by atoms with Crippen molar-refractivity contribution in [1.82, 2.24) is 5.32 Å². The van der Waals surface area contributed by atoms with Crippen molar-refractivity contribution >= 4 is 11.6 Å². The lowest BCUT2D eigenvalue weighted by molar-refractivity contribution is -0.134. The monoisotopic (exact) mass is 265 g/mol. The molecular weight excluding hydrogens is 246 g/mol. The molecule has 0 saturated carbocycles. The van der Waals surface area contributed by atoms with Gasteiger partial charge in [-0.1, -0.05) is 0 Å². The summed E-state index contributed by atoms with van der Waals surface area (Å²) in [6.45, 7) is 4.00. The second-order valence-corrected chi connectivity index (χ2v) is 4.14. The molecule has 0 spiro atoms. The molecule has 0 aliphatic heterocycles. The Kier molecular flexibility index (Phi) is 6.02. The summed E-state index contributed by atoms with van der Waals surface area (Å²) < 4.78 is 10.8. The van der Waals surface area contributed by atoms with Gasteiger partial charge in [0, 0.05) is 6.54 Å². The quantitative estimate of drug-likeness (QED) is 0.565. The Bertz CT molecular complexity index is 414. The van der Waals surface area contributed by atoms with Crippen molar-refractivity contribution in [3.05, 3.63) is 24.3 Å². The molecule has 0 amide bonds. The molecular formula is C14H19NO4. The SMILES string of the molecule is CNCCOc1ccc(OC(C(C)=O)C(C)=O)cc1. The first-order valence-corrected chi connectivity index (χ1v) is 6.09. The van der Waals surface area contributed by atoms with E-state index in [0.717, 1.165) is 6.54 Å². The summed E-state index contributed by atoms with van der Waals surface area (Å²) in [5.74, 6) is 0.574. The maximum Gasteiger partial charge on any atom is 0.214 e. The summed E-state index contributed by atoms with van der Waals surface area (Å²) in [5.41, 5.74) is 0. The fraction of sp³-hybridized carbons (Fsp3) is 0.429. The molecule has 0 atom stereocenters. The van der Waals surface area contributed by atoms with Crippen LogP contribution < -0.4 is 14.8 Å². The predicted octanol–water partition coefficient (Wildman–Crippen LogP) is 1.21. The highest BCUT2D eigenvalue weighted by molar-refractivity contribution is 6.03. The second kappa shape index (κ2) is 7.53. The third kappa shape index (κ3) is 5.09. The van der Waals surface area contributed by atoms with E-state index in [0.29, 0.717) is 18.1 Å². The predicted molar refractivity (Wildman–Crippen MR) is 71.6 cm³/mol. The molecule has 0 aliphatic carbocycles. The molecule has 0 saturated heterocycles. The van der Waals surface area contributed by atoms with Gasteiger partial charge < -0.3 is 14.8 Å². The van der Waals surface area contributed by atoms with Gasteiger partial charge in [-0.05, 0) is 45.2 Å². The molecule has 0 bridgehead atoms. The molecule has 1 aromatic rings. The highest BCUT2D eigenvalue weighted by atomic mass is 16.5. The first kappa shape index (κ1) is 15.2. The zero-order chi connectivity index (χ0) is 14.3. The molecule has 0 aromatic heterocycles. The number of hydrogen-bond donors (Lipinski definition) is 1. The van der Waals surface area contributed by atoms with E-state index >= 15 is 0 Å². The van der Waals surface area contributed by atoms with E-state index in [1.807, 2.05) is 7.05 Å². The average molecular weight is 265 g/mol. The van der Waals surface area contributed by atoms with Crippen molar-refractivity contribution in [2.75, 3.05) is 20.2 Å². The van der Waals surface area contributed by atoms with Crippen LogP contribution in [0.4, 0.5) is 0 Å². The van der Waals surface area contributed by atoms with Gasteiger partial charge >= 0.3 is 0 Å². The number of carbonyl (C=O) groups is 2. The standard InChI is InChI=1S/C14H19NO4/c1-10(16)14(11(2)17)19-13-6-4-12(5-7-13)18-9-8-15-3/h4-7,14-15H,8-9H2,1-3H3. The largest absolute Gasteiger partial charge is 0.492 e. The topological polar surface area (TPSA) is 64.6 Å². The number of ketones is 2. The van der Waals surface area contributed by atoms with Gasteiger partial charge in [0.05, 0.1) is 0 Å². The summed E-state index contributed by atoms with van der Waals surface area (Å²) >= 11 is 0. The van der Waals surface area contributed by atoms with Crippen molar-refractivity contribution in [3.63, 3.8) is 0 Å². The average Bonchev–Trinajstić information content (AvgIpc) is 2.37. The number of Topliss-reactive ketones (excluding diaryl/α,β-unsaturated/α-hetero) is 2. The highest BCUT2D eigenvalue weighted by Crippen LogP contribution is 2.19. The smallest absolute Gasteiger partial charge is 0.214 e. The van der Waals surface area contributed by atoms with Crippen molar-refractivity contribution in [2.24, 2.45) is 0 Å². The molecule has 0 heterocycles. The Hall–Kier alpha value is -1.88. The van der Waals surface area contributed by atoms with Crippen molar-refractivity contribution in [2.45, 2.75) is 20.0 Å². The molecule has 1 N–H and O–H groups in total. The van der Waals surface area contributed by atoms with Crippen LogP contribution in [0.3, 0.4) is 0 Å². The molecule has 0 unspecified atom stereocenters. The normalized spacial score (nSPS) is 10.3. The third-order valence-electron chi connectivity index (χ3n) is 2.44. The summed E-state index contributed by atoms with van der Waals surface area (Å²) in [6, 6.07) is 6.83. The lowest BCUT2D eigenvalue weighted by Crippen LogP contribution is -2.32. The highest BCUT2D eigenvalue weighted by Gasteiger charge is 2.21. The molecule has 0 fully saturated rings. The molecule has 0 radical (unpaired) electrons. The summed E-state index contributed by atoms with van der Waals surface area (Å²) in [6.07, 6.45) is -1.03. The molecule has 5 heteroatoms. The number of hydrogen-bond acceptors (Lipinski definition) is 5. The minimum Gasteiger partial charge on any atom is -0.492 e. The van der Waals surface area contributed by atoms with Crippen LogP contribution in [-0.2, 0) is 9.59 Å². The minimum absolute atomic E-state index is 0.304. The Balaban J connectivity index is 2.60. The Labute approximate surface area is 112 Å².